The zero-order valence-electron chi connectivity index (χ0n) is 9.31. The number of esters is 1. The van der Waals surface area contributed by atoms with Gasteiger partial charge in [0.25, 0.3) is 0 Å². The quantitative estimate of drug-likeness (QED) is 0.203. The van der Waals surface area contributed by atoms with Gasteiger partial charge in [-0.05, 0) is 23.2 Å². The molecule has 0 aromatic heterocycles. The van der Waals surface area contributed by atoms with Crippen LogP contribution < -0.4 is 0 Å². The zero-order chi connectivity index (χ0) is 13.5. The van der Waals surface area contributed by atoms with Crippen molar-refractivity contribution in [1.29, 1.82) is 0 Å². The fourth-order valence-electron chi connectivity index (χ4n) is 1.21. The number of carbonyl (C=O) groups excluding carboxylic acids is 1. The third-order valence-electron chi connectivity index (χ3n) is 1.98. The van der Waals surface area contributed by atoms with Gasteiger partial charge in [0.1, 0.15) is 0 Å². The molecule has 0 fully saturated rings. The number of hydrogen-bond donors (Lipinski definition) is 0. The van der Waals surface area contributed by atoms with Gasteiger partial charge in [-0.15, -0.1) is 0 Å². The highest BCUT2D eigenvalue weighted by atomic mass is 16.6. The zero-order valence-corrected chi connectivity index (χ0v) is 9.31. The van der Waals surface area contributed by atoms with E-state index < -0.39 is 10.9 Å². The van der Waals surface area contributed by atoms with Crippen LogP contribution in [0.1, 0.15) is 15.9 Å². The molecule has 0 amide bonds. The number of rotatable bonds is 4. The molecular weight excluding hydrogens is 240 g/mol. The van der Waals surface area contributed by atoms with Crippen molar-refractivity contribution in [2.45, 2.75) is 0 Å². The van der Waals surface area contributed by atoms with E-state index in [4.69, 9.17) is 5.53 Å². The number of benzene rings is 1. The van der Waals surface area contributed by atoms with E-state index in [0.717, 1.165) is 0 Å². The summed E-state index contributed by atoms with van der Waals surface area (Å²) in [6, 6.07) is 4.14. The molecular formula is C10H8N4O4. The van der Waals surface area contributed by atoms with Gasteiger partial charge in [0, 0.05) is 16.7 Å². The average molecular weight is 248 g/mol. The number of nitro groups is 1. The molecule has 0 aliphatic rings. The van der Waals surface area contributed by atoms with E-state index in [-0.39, 0.29) is 11.3 Å². The minimum absolute atomic E-state index is 0.110. The van der Waals surface area contributed by atoms with Crippen LogP contribution >= 0.6 is 0 Å². The molecule has 0 N–H and O–H groups in total. The largest absolute Gasteiger partial charge is 0.465 e. The lowest BCUT2D eigenvalue weighted by atomic mass is 10.1. The Morgan fingerprint density at radius 1 is 1.61 bits per heavy atom. The van der Waals surface area contributed by atoms with E-state index in [1.54, 1.807) is 0 Å². The Hall–Kier alpha value is -2.86. The molecule has 92 valence electrons. The van der Waals surface area contributed by atoms with Gasteiger partial charge in [-0.2, -0.15) is 0 Å². The van der Waals surface area contributed by atoms with Gasteiger partial charge in [0.15, 0.2) is 0 Å². The third kappa shape index (κ3) is 3.32. The maximum absolute atomic E-state index is 11.3. The summed E-state index contributed by atoms with van der Waals surface area (Å²) in [7, 11) is 1.22. The number of ether oxygens (including phenoxy) is 1. The van der Waals surface area contributed by atoms with E-state index >= 15 is 0 Å². The fourth-order valence-corrected chi connectivity index (χ4v) is 1.21. The maximum atomic E-state index is 11.3. The maximum Gasteiger partial charge on any atom is 0.337 e. The topological polar surface area (TPSA) is 118 Å². The van der Waals surface area contributed by atoms with Crippen molar-refractivity contribution in [3.63, 3.8) is 0 Å². The fraction of sp³-hybridized carbons (Fsp3) is 0.100. The van der Waals surface area contributed by atoms with Crippen molar-refractivity contribution < 1.29 is 14.5 Å². The SMILES string of the molecule is COC(=O)c1ccc(/C=C/[N+](=O)[O-])c(N=[N+]=[N-])c1. The first-order valence-electron chi connectivity index (χ1n) is 4.67. The molecule has 0 saturated heterocycles. The molecule has 0 unspecified atom stereocenters. The molecule has 0 heterocycles. The lowest BCUT2D eigenvalue weighted by molar-refractivity contribution is -0.400. The van der Waals surface area contributed by atoms with Gasteiger partial charge in [-0.1, -0.05) is 11.2 Å². The molecule has 0 radical (unpaired) electrons. The van der Waals surface area contributed by atoms with Gasteiger partial charge in [0.2, 0.25) is 6.20 Å². The normalized spacial score (nSPS) is 9.83. The summed E-state index contributed by atoms with van der Waals surface area (Å²) in [4.78, 5) is 23.4. The molecule has 0 aliphatic heterocycles. The molecule has 0 atom stereocenters. The van der Waals surface area contributed by atoms with Crippen LogP contribution in [-0.2, 0) is 4.74 Å². The van der Waals surface area contributed by atoms with Crippen LogP contribution in [-0.4, -0.2) is 18.0 Å². The van der Waals surface area contributed by atoms with E-state index in [9.17, 15) is 14.9 Å². The summed E-state index contributed by atoms with van der Waals surface area (Å²) in [6.45, 7) is 0. The molecule has 0 spiro atoms. The first kappa shape index (κ1) is 13.2. The van der Waals surface area contributed by atoms with E-state index in [1.807, 2.05) is 0 Å². The Morgan fingerprint density at radius 3 is 2.89 bits per heavy atom. The second-order valence-corrected chi connectivity index (χ2v) is 3.06. The molecule has 1 aromatic carbocycles. The second kappa shape index (κ2) is 6.02. The summed E-state index contributed by atoms with van der Waals surface area (Å²) in [5, 5.41) is 13.6. The second-order valence-electron chi connectivity index (χ2n) is 3.06. The van der Waals surface area contributed by atoms with E-state index in [1.165, 1.54) is 31.4 Å². The first-order valence-corrected chi connectivity index (χ1v) is 4.67. The number of methoxy groups -OCH3 is 1. The summed E-state index contributed by atoms with van der Waals surface area (Å²) in [6.07, 6.45) is 1.88. The molecule has 0 aliphatic carbocycles. The van der Waals surface area contributed by atoms with Gasteiger partial charge in [-0.25, -0.2) is 4.79 Å². The molecule has 8 nitrogen and oxygen atoms in total. The van der Waals surface area contributed by atoms with Crippen molar-refractivity contribution in [1.82, 2.24) is 0 Å². The molecule has 1 aromatic rings. The molecule has 1 rings (SSSR count). The molecule has 0 bridgehead atoms. The van der Waals surface area contributed by atoms with Gasteiger partial charge < -0.3 is 4.74 Å². The van der Waals surface area contributed by atoms with E-state index in [2.05, 4.69) is 14.8 Å². The van der Waals surface area contributed by atoms with Crippen molar-refractivity contribution in [2.24, 2.45) is 5.11 Å². The minimum Gasteiger partial charge on any atom is -0.465 e. The average Bonchev–Trinajstić information content (AvgIpc) is 2.36. The standard InChI is InChI=1S/C10H8N4O4/c1-18-10(15)8-3-2-7(4-5-14(16)17)9(6-8)12-13-11/h2-6H,1H3/b5-4+. The lowest BCUT2D eigenvalue weighted by Gasteiger charge is -2.02. The molecule has 8 heteroatoms. The van der Waals surface area contributed by atoms with Gasteiger partial charge in [0.05, 0.1) is 17.6 Å². The van der Waals surface area contributed by atoms with Crippen LogP contribution in [0.2, 0.25) is 0 Å². The monoisotopic (exact) mass is 248 g/mol. The number of azide groups is 1. The van der Waals surface area contributed by atoms with Gasteiger partial charge in [-0.3, -0.25) is 10.1 Å². The third-order valence-corrected chi connectivity index (χ3v) is 1.98. The van der Waals surface area contributed by atoms with Crippen molar-refractivity contribution in [3.8, 4) is 0 Å². The smallest absolute Gasteiger partial charge is 0.337 e. The van der Waals surface area contributed by atoms with Crippen molar-refractivity contribution >= 4 is 17.7 Å². The predicted molar refractivity (Wildman–Crippen MR) is 62.6 cm³/mol. The molecule has 0 saturated carbocycles. The Kier molecular flexibility index (Phi) is 4.42. The van der Waals surface area contributed by atoms with Crippen LogP contribution in [0.5, 0.6) is 0 Å². The van der Waals surface area contributed by atoms with Crippen molar-refractivity contribution in [2.75, 3.05) is 7.11 Å². The van der Waals surface area contributed by atoms with Crippen molar-refractivity contribution in [3.05, 3.63) is 56.1 Å². The first-order chi connectivity index (χ1) is 8.58. The van der Waals surface area contributed by atoms with Gasteiger partial charge >= 0.3 is 5.97 Å². The summed E-state index contributed by atoms with van der Waals surface area (Å²) < 4.78 is 4.51. The summed E-state index contributed by atoms with van der Waals surface area (Å²) in [5.74, 6) is -0.589. The Balaban J connectivity index is 3.24. The number of carbonyl (C=O) groups is 1. The van der Waals surface area contributed by atoms with Crippen LogP contribution in [0.15, 0.2) is 29.5 Å². The van der Waals surface area contributed by atoms with Crippen LogP contribution in [0.4, 0.5) is 5.69 Å². The van der Waals surface area contributed by atoms with Crippen LogP contribution in [0.3, 0.4) is 0 Å². The summed E-state index contributed by atoms with van der Waals surface area (Å²) in [5.41, 5.74) is 9.03. The highest BCUT2D eigenvalue weighted by Gasteiger charge is 2.08. The van der Waals surface area contributed by atoms with Crippen LogP contribution in [0.25, 0.3) is 16.5 Å². The Labute approximate surface area is 101 Å². The van der Waals surface area contributed by atoms with Crippen LogP contribution in [0, 0.1) is 10.1 Å². The Morgan fingerprint density at radius 2 is 2.33 bits per heavy atom. The number of hydrogen-bond acceptors (Lipinski definition) is 5. The highest BCUT2D eigenvalue weighted by molar-refractivity contribution is 5.91. The molecule has 18 heavy (non-hydrogen) atoms. The number of nitrogens with zero attached hydrogens (tertiary/aromatic N) is 4. The predicted octanol–water partition coefficient (Wildman–Crippen LogP) is 2.66. The minimum atomic E-state index is -0.645. The lowest BCUT2D eigenvalue weighted by Crippen LogP contribution is -2.00. The highest BCUT2D eigenvalue weighted by Crippen LogP contribution is 2.23. The van der Waals surface area contributed by atoms with E-state index in [0.29, 0.717) is 11.8 Å². The Bertz CT molecular complexity index is 561. The summed E-state index contributed by atoms with van der Waals surface area (Å²) >= 11 is 0.